The van der Waals surface area contributed by atoms with Crippen LogP contribution in [0.3, 0.4) is 0 Å². The maximum atomic E-state index is 6.36. The van der Waals surface area contributed by atoms with E-state index in [1.54, 1.807) is 0 Å². The molecule has 4 heteroatoms. The summed E-state index contributed by atoms with van der Waals surface area (Å²) in [6.07, 6.45) is 13.4. The molecule has 0 heterocycles. The summed E-state index contributed by atoms with van der Waals surface area (Å²) in [4.78, 5) is 0. The molecule has 0 aromatic heterocycles. The first-order chi connectivity index (χ1) is 21.5. The predicted molar refractivity (Wildman–Crippen MR) is 195 cm³/mol. The van der Waals surface area contributed by atoms with E-state index in [2.05, 4.69) is 86.6 Å². The molecule has 0 saturated heterocycles. The Morgan fingerprint density at radius 3 is 1.77 bits per heavy atom. The van der Waals surface area contributed by atoms with Gasteiger partial charge in [-0.3, -0.25) is 0 Å². The van der Waals surface area contributed by atoms with Crippen LogP contribution in [0.2, 0.25) is 0 Å². The number of benzene rings is 4. The van der Waals surface area contributed by atoms with Gasteiger partial charge in [-0.05, 0) is 102 Å². The van der Waals surface area contributed by atoms with E-state index in [1.165, 1.54) is 119 Å². The van der Waals surface area contributed by atoms with Gasteiger partial charge in [-0.2, -0.15) is 0 Å². The Balaban J connectivity index is 1.56. The van der Waals surface area contributed by atoms with Gasteiger partial charge in [-0.15, -0.1) is 0 Å². The first kappa shape index (κ1) is 31.3. The van der Waals surface area contributed by atoms with Gasteiger partial charge in [-0.1, -0.05) is 121 Å². The molecule has 4 aromatic rings. The fourth-order valence-electron chi connectivity index (χ4n) is 7.15. The molecule has 230 valence electrons. The summed E-state index contributed by atoms with van der Waals surface area (Å²) in [6, 6.07) is 27.6. The number of rotatable bonds is 9. The lowest BCUT2D eigenvalue weighted by Crippen LogP contribution is -2.18. The van der Waals surface area contributed by atoms with Crippen molar-refractivity contribution in [1.29, 1.82) is 0 Å². The Hall–Kier alpha value is -2.66. The highest BCUT2D eigenvalue weighted by Gasteiger charge is 2.27. The van der Waals surface area contributed by atoms with Crippen LogP contribution in [0.4, 0.5) is 0 Å². The van der Waals surface area contributed by atoms with Gasteiger partial charge in [0.15, 0.2) is 0 Å². The molecule has 6 rings (SSSR count). The molecular formula is C40H48O2P2. The summed E-state index contributed by atoms with van der Waals surface area (Å²) < 4.78 is 12.7. The van der Waals surface area contributed by atoms with Crippen molar-refractivity contribution in [2.75, 3.05) is 14.2 Å². The smallest absolute Gasteiger partial charge is 0.128 e. The van der Waals surface area contributed by atoms with E-state index < -0.39 is 0 Å². The van der Waals surface area contributed by atoms with Crippen LogP contribution in [0.15, 0.2) is 72.8 Å². The molecule has 2 aliphatic rings. The standard InChI is InChI=1S/C40H48O2P2/c1-27-15-19-30(20-16-27)32-24-36(42-4)40(38(26-32)44-34-21-17-28(2)18-22-34)39-35(41-3)23-31(29-11-7-5-8-12-29)25-37(39)43-33-13-9-6-10-14-33/h15-26,29,33,43-44H,5-14H2,1-4H3. The third-order valence-electron chi connectivity index (χ3n) is 9.67. The Bertz CT molecular complexity index is 1550. The van der Waals surface area contributed by atoms with E-state index in [4.69, 9.17) is 9.47 Å². The van der Waals surface area contributed by atoms with Gasteiger partial charge in [-0.25, -0.2) is 0 Å². The maximum absolute atomic E-state index is 6.36. The average molecular weight is 623 g/mol. The fourth-order valence-corrected chi connectivity index (χ4v) is 10.2. The lowest BCUT2D eigenvalue weighted by molar-refractivity contribution is 0.408. The van der Waals surface area contributed by atoms with Gasteiger partial charge < -0.3 is 9.47 Å². The van der Waals surface area contributed by atoms with Crippen molar-refractivity contribution in [1.82, 2.24) is 0 Å². The van der Waals surface area contributed by atoms with Crippen LogP contribution in [0.25, 0.3) is 22.3 Å². The van der Waals surface area contributed by atoms with Crippen molar-refractivity contribution < 1.29 is 9.47 Å². The number of hydrogen-bond donors (Lipinski definition) is 0. The first-order valence-electron chi connectivity index (χ1n) is 16.6. The highest BCUT2D eigenvalue weighted by Crippen LogP contribution is 2.45. The first-order valence-corrected chi connectivity index (χ1v) is 18.7. The van der Waals surface area contributed by atoms with E-state index in [9.17, 15) is 0 Å². The molecule has 2 aliphatic carbocycles. The molecule has 0 amide bonds. The monoisotopic (exact) mass is 622 g/mol. The summed E-state index contributed by atoms with van der Waals surface area (Å²) >= 11 is 0. The lowest BCUT2D eigenvalue weighted by Gasteiger charge is -2.28. The molecule has 0 aliphatic heterocycles. The maximum Gasteiger partial charge on any atom is 0.128 e. The van der Waals surface area contributed by atoms with Crippen molar-refractivity contribution in [3.8, 4) is 33.8 Å². The Morgan fingerprint density at radius 1 is 0.568 bits per heavy atom. The second-order valence-electron chi connectivity index (χ2n) is 12.9. The molecule has 0 radical (unpaired) electrons. The van der Waals surface area contributed by atoms with Crippen LogP contribution >= 0.6 is 17.2 Å². The minimum absolute atomic E-state index is 0.507. The summed E-state index contributed by atoms with van der Waals surface area (Å²) in [6.45, 7) is 4.31. The van der Waals surface area contributed by atoms with Crippen LogP contribution in [0.1, 0.15) is 86.8 Å². The zero-order valence-corrected chi connectivity index (χ0v) is 29.0. The third-order valence-corrected chi connectivity index (χ3v) is 12.6. The SMILES string of the molecule is COc1cc(-c2ccc(C)cc2)cc(Pc2ccc(C)cc2)c1-c1c(OC)cc(C2CCCCC2)cc1PC1CCCCC1. The quantitative estimate of drug-likeness (QED) is 0.173. The Kier molecular flexibility index (Phi) is 10.4. The minimum atomic E-state index is 0.507. The lowest BCUT2D eigenvalue weighted by atomic mass is 9.83. The number of hydrogen-bond acceptors (Lipinski definition) is 2. The number of methoxy groups -OCH3 is 2. The van der Waals surface area contributed by atoms with E-state index in [0.717, 1.165) is 25.7 Å². The minimum Gasteiger partial charge on any atom is -0.496 e. The van der Waals surface area contributed by atoms with Crippen molar-refractivity contribution in [3.05, 3.63) is 89.5 Å². The zero-order valence-electron chi connectivity index (χ0n) is 27.0. The van der Waals surface area contributed by atoms with Gasteiger partial charge in [0.2, 0.25) is 0 Å². The normalized spacial score (nSPS) is 16.7. The largest absolute Gasteiger partial charge is 0.496 e. The summed E-state index contributed by atoms with van der Waals surface area (Å²) in [7, 11) is 4.99. The van der Waals surface area contributed by atoms with Gasteiger partial charge in [0.25, 0.3) is 0 Å². The van der Waals surface area contributed by atoms with Crippen molar-refractivity contribution in [3.63, 3.8) is 0 Å². The van der Waals surface area contributed by atoms with Crippen molar-refractivity contribution in [2.24, 2.45) is 0 Å². The van der Waals surface area contributed by atoms with E-state index in [1.807, 2.05) is 14.2 Å². The van der Waals surface area contributed by atoms with Crippen molar-refractivity contribution >= 4 is 33.1 Å². The molecule has 0 bridgehead atoms. The molecule has 0 N–H and O–H groups in total. The average Bonchev–Trinajstić information content (AvgIpc) is 3.06. The zero-order chi connectivity index (χ0) is 30.5. The van der Waals surface area contributed by atoms with Crippen molar-refractivity contribution in [2.45, 2.75) is 89.6 Å². The highest BCUT2D eigenvalue weighted by molar-refractivity contribution is 7.56. The van der Waals surface area contributed by atoms with Gasteiger partial charge in [0.05, 0.1) is 14.2 Å². The molecule has 4 aromatic carbocycles. The second-order valence-corrected chi connectivity index (χ2v) is 15.9. The summed E-state index contributed by atoms with van der Waals surface area (Å²) in [5.41, 5.74) is 9.71. The van der Waals surface area contributed by atoms with E-state index >= 15 is 0 Å². The van der Waals surface area contributed by atoms with Gasteiger partial charge >= 0.3 is 0 Å². The highest BCUT2D eigenvalue weighted by atomic mass is 31.1. The van der Waals surface area contributed by atoms with E-state index in [0.29, 0.717) is 14.5 Å². The Labute approximate surface area is 268 Å². The van der Waals surface area contributed by atoms with Crippen LogP contribution in [0.5, 0.6) is 11.5 Å². The molecule has 44 heavy (non-hydrogen) atoms. The van der Waals surface area contributed by atoms with Crippen LogP contribution < -0.4 is 25.4 Å². The molecule has 2 fully saturated rings. The van der Waals surface area contributed by atoms with Crippen LogP contribution in [-0.4, -0.2) is 19.9 Å². The molecule has 2 unspecified atom stereocenters. The fraction of sp³-hybridized carbons (Fsp3) is 0.400. The molecular weight excluding hydrogens is 574 g/mol. The third kappa shape index (κ3) is 7.25. The molecule has 0 spiro atoms. The van der Waals surface area contributed by atoms with Crippen LogP contribution in [-0.2, 0) is 0 Å². The number of aryl methyl sites for hydroxylation is 2. The molecule has 2 saturated carbocycles. The topological polar surface area (TPSA) is 18.5 Å². The van der Waals surface area contributed by atoms with Gasteiger partial charge in [0, 0.05) is 11.1 Å². The predicted octanol–water partition coefficient (Wildman–Crippen LogP) is 9.97. The second kappa shape index (κ2) is 14.6. The van der Waals surface area contributed by atoms with Gasteiger partial charge in [0.1, 0.15) is 11.5 Å². The van der Waals surface area contributed by atoms with E-state index in [-0.39, 0.29) is 0 Å². The Morgan fingerprint density at radius 2 is 1.14 bits per heavy atom. The van der Waals surface area contributed by atoms with Crippen LogP contribution in [0, 0.1) is 13.8 Å². The molecule has 2 atom stereocenters. The number of ether oxygens (including phenoxy) is 2. The molecule has 2 nitrogen and oxygen atoms in total. The summed E-state index contributed by atoms with van der Waals surface area (Å²) in [5, 5.41) is 4.14. The summed E-state index contributed by atoms with van der Waals surface area (Å²) in [5.74, 6) is 2.60.